The number of hydrogen-bond acceptors (Lipinski definition) is 2. The topological polar surface area (TPSA) is 26.3 Å². The maximum absolute atomic E-state index is 11.4. The van der Waals surface area contributed by atoms with Gasteiger partial charge in [0, 0.05) is 6.08 Å². The van der Waals surface area contributed by atoms with Crippen molar-refractivity contribution in [3.05, 3.63) is 24.3 Å². The first-order valence-corrected chi connectivity index (χ1v) is 2.78. The molecule has 0 aromatic rings. The molecule has 0 atom stereocenters. The fourth-order valence-corrected chi connectivity index (χ4v) is 0.332. The van der Waals surface area contributed by atoms with Gasteiger partial charge in [-0.05, 0) is 0 Å². The summed E-state index contributed by atoms with van der Waals surface area (Å²) in [6.45, 7) is -0.522. The quantitative estimate of drug-likeness (QED) is 0.338. The third kappa shape index (κ3) is 5.03. The minimum absolute atomic E-state index is 0.441. The SMILES string of the molecule is COC(=O)/C=C/C=C/CF. The van der Waals surface area contributed by atoms with Crippen LogP contribution >= 0.6 is 0 Å². The molecule has 56 valence electrons. The molecule has 10 heavy (non-hydrogen) atoms. The molecule has 0 unspecified atom stereocenters. The van der Waals surface area contributed by atoms with E-state index in [0.29, 0.717) is 0 Å². The highest BCUT2D eigenvalue weighted by Gasteiger charge is 1.85. The Morgan fingerprint density at radius 1 is 1.60 bits per heavy atom. The largest absolute Gasteiger partial charge is 0.466 e. The Hall–Kier alpha value is -1.12. The van der Waals surface area contributed by atoms with E-state index in [1.165, 1.54) is 31.4 Å². The van der Waals surface area contributed by atoms with Crippen molar-refractivity contribution in [1.82, 2.24) is 0 Å². The van der Waals surface area contributed by atoms with Gasteiger partial charge in [-0.1, -0.05) is 18.2 Å². The van der Waals surface area contributed by atoms with Crippen LogP contribution in [0.15, 0.2) is 24.3 Å². The molecule has 0 saturated carbocycles. The van der Waals surface area contributed by atoms with Gasteiger partial charge in [-0.15, -0.1) is 0 Å². The number of hydrogen-bond donors (Lipinski definition) is 0. The lowest BCUT2D eigenvalue weighted by Gasteiger charge is -1.85. The number of methoxy groups -OCH3 is 1. The zero-order valence-electron chi connectivity index (χ0n) is 5.71. The van der Waals surface area contributed by atoms with E-state index in [2.05, 4.69) is 4.74 Å². The van der Waals surface area contributed by atoms with Crippen molar-refractivity contribution < 1.29 is 13.9 Å². The monoisotopic (exact) mass is 144 g/mol. The van der Waals surface area contributed by atoms with Crippen LogP contribution in [0.25, 0.3) is 0 Å². The molecule has 0 saturated heterocycles. The predicted molar refractivity (Wildman–Crippen MR) is 36.3 cm³/mol. The summed E-state index contributed by atoms with van der Waals surface area (Å²) in [5, 5.41) is 0. The second-order valence-corrected chi connectivity index (χ2v) is 1.46. The normalized spacial score (nSPS) is 11.0. The van der Waals surface area contributed by atoms with Crippen LogP contribution < -0.4 is 0 Å². The van der Waals surface area contributed by atoms with Gasteiger partial charge < -0.3 is 4.74 Å². The second kappa shape index (κ2) is 6.01. The van der Waals surface area contributed by atoms with Crippen molar-refractivity contribution in [1.29, 1.82) is 0 Å². The Morgan fingerprint density at radius 2 is 2.30 bits per heavy atom. The van der Waals surface area contributed by atoms with E-state index in [1.807, 2.05) is 0 Å². The van der Waals surface area contributed by atoms with Crippen LogP contribution in [0, 0.1) is 0 Å². The molecular weight excluding hydrogens is 135 g/mol. The molecule has 0 aliphatic carbocycles. The van der Waals surface area contributed by atoms with E-state index in [-0.39, 0.29) is 0 Å². The Morgan fingerprint density at radius 3 is 2.80 bits per heavy atom. The van der Waals surface area contributed by atoms with E-state index in [0.717, 1.165) is 0 Å². The first-order chi connectivity index (χ1) is 4.81. The maximum Gasteiger partial charge on any atom is 0.330 e. The van der Waals surface area contributed by atoms with Crippen LogP contribution in [0.5, 0.6) is 0 Å². The molecule has 0 aliphatic rings. The van der Waals surface area contributed by atoms with Crippen molar-refractivity contribution in [2.45, 2.75) is 0 Å². The fourth-order valence-electron chi connectivity index (χ4n) is 0.332. The lowest BCUT2D eigenvalue weighted by Crippen LogP contribution is -1.92. The first-order valence-electron chi connectivity index (χ1n) is 2.78. The molecule has 0 heterocycles. The number of rotatable bonds is 3. The zero-order chi connectivity index (χ0) is 7.82. The molecule has 3 heteroatoms. The van der Waals surface area contributed by atoms with Crippen LogP contribution in [0.2, 0.25) is 0 Å². The number of esters is 1. The third-order valence-corrected chi connectivity index (χ3v) is 0.770. The molecule has 0 radical (unpaired) electrons. The molecule has 0 aromatic heterocycles. The number of carbonyl (C=O) groups excluding carboxylic acids is 1. The van der Waals surface area contributed by atoms with Crippen molar-refractivity contribution in [2.75, 3.05) is 13.8 Å². The molecule has 0 fully saturated rings. The summed E-state index contributed by atoms with van der Waals surface area (Å²) in [6, 6.07) is 0. The summed E-state index contributed by atoms with van der Waals surface area (Å²) in [4.78, 5) is 10.3. The molecule has 0 amide bonds. The summed E-state index contributed by atoms with van der Waals surface area (Å²) in [5.74, 6) is -0.441. The summed E-state index contributed by atoms with van der Waals surface area (Å²) >= 11 is 0. The van der Waals surface area contributed by atoms with E-state index in [4.69, 9.17) is 0 Å². The molecule has 0 aliphatic heterocycles. The van der Waals surface area contributed by atoms with E-state index in [1.54, 1.807) is 0 Å². The highest BCUT2D eigenvalue weighted by Crippen LogP contribution is 1.80. The van der Waals surface area contributed by atoms with Crippen molar-refractivity contribution in [2.24, 2.45) is 0 Å². The lowest BCUT2D eigenvalue weighted by molar-refractivity contribution is -0.134. The summed E-state index contributed by atoms with van der Waals surface area (Å²) < 4.78 is 15.6. The van der Waals surface area contributed by atoms with Crippen LogP contribution in [-0.4, -0.2) is 19.8 Å². The summed E-state index contributed by atoms with van der Waals surface area (Å²) in [5.41, 5.74) is 0. The maximum atomic E-state index is 11.4. The van der Waals surface area contributed by atoms with Crippen LogP contribution in [-0.2, 0) is 9.53 Å². The minimum Gasteiger partial charge on any atom is -0.466 e. The van der Waals surface area contributed by atoms with Gasteiger partial charge in [-0.3, -0.25) is 0 Å². The zero-order valence-corrected chi connectivity index (χ0v) is 5.71. The van der Waals surface area contributed by atoms with Crippen LogP contribution in [0.1, 0.15) is 0 Å². The Bertz CT molecular complexity index is 150. The highest BCUT2D eigenvalue weighted by atomic mass is 19.1. The third-order valence-electron chi connectivity index (χ3n) is 0.770. The Kier molecular flexibility index (Phi) is 5.33. The van der Waals surface area contributed by atoms with Crippen molar-refractivity contribution >= 4 is 5.97 Å². The number of carbonyl (C=O) groups is 1. The van der Waals surface area contributed by atoms with Gasteiger partial charge in [-0.25, -0.2) is 9.18 Å². The summed E-state index contributed by atoms with van der Waals surface area (Å²) in [6.07, 6.45) is 5.37. The smallest absolute Gasteiger partial charge is 0.330 e. The second-order valence-electron chi connectivity index (χ2n) is 1.46. The number of allylic oxidation sites excluding steroid dienone is 3. The van der Waals surface area contributed by atoms with Gasteiger partial charge in [-0.2, -0.15) is 0 Å². The van der Waals surface area contributed by atoms with Crippen LogP contribution in [0.3, 0.4) is 0 Å². The minimum atomic E-state index is -0.522. The fraction of sp³-hybridized carbons (Fsp3) is 0.286. The standard InChI is InChI=1S/C7H9FO2/c1-10-7(9)5-3-2-4-6-8/h2-5H,6H2,1H3/b4-2+,5-3+. The van der Waals surface area contributed by atoms with Gasteiger partial charge in [0.25, 0.3) is 0 Å². The van der Waals surface area contributed by atoms with Crippen LogP contribution in [0.4, 0.5) is 4.39 Å². The molecule has 0 rings (SSSR count). The Labute approximate surface area is 59.0 Å². The molecule has 0 aromatic carbocycles. The average Bonchev–Trinajstić information content (AvgIpc) is 1.98. The Balaban J connectivity index is 3.55. The highest BCUT2D eigenvalue weighted by molar-refractivity contribution is 5.82. The molecule has 2 nitrogen and oxygen atoms in total. The van der Waals surface area contributed by atoms with Gasteiger partial charge >= 0.3 is 5.97 Å². The van der Waals surface area contributed by atoms with Crippen molar-refractivity contribution in [3.8, 4) is 0 Å². The first kappa shape index (κ1) is 8.88. The summed E-state index contributed by atoms with van der Waals surface area (Å²) in [7, 11) is 1.28. The molecule has 0 bridgehead atoms. The average molecular weight is 144 g/mol. The van der Waals surface area contributed by atoms with Crippen molar-refractivity contribution in [3.63, 3.8) is 0 Å². The van der Waals surface area contributed by atoms with Gasteiger partial charge in [0.05, 0.1) is 7.11 Å². The van der Waals surface area contributed by atoms with Gasteiger partial charge in [0.2, 0.25) is 0 Å². The van der Waals surface area contributed by atoms with E-state index < -0.39 is 12.6 Å². The predicted octanol–water partition coefficient (Wildman–Crippen LogP) is 1.24. The van der Waals surface area contributed by atoms with E-state index in [9.17, 15) is 9.18 Å². The van der Waals surface area contributed by atoms with Gasteiger partial charge in [0.1, 0.15) is 6.67 Å². The number of halogens is 1. The number of alkyl halides is 1. The lowest BCUT2D eigenvalue weighted by atomic mass is 10.4. The molecule has 0 N–H and O–H groups in total. The van der Waals surface area contributed by atoms with E-state index >= 15 is 0 Å². The molecule has 0 spiro atoms. The van der Waals surface area contributed by atoms with Gasteiger partial charge in [0.15, 0.2) is 0 Å². The number of ether oxygens (including phenoxy) is 1. The molecular formula is C7H9FO2.